The minimum absolute atomic E-state index is 0.0983. The molecule has 134 valence electrons. The van der Waals surface area contributed by atoms with Crippen molar-refractivity contribution in [3.8, 4) is 0 Å². The molecule has 1 saturated carbocycles. The van der Waals surface area contributed by atoms with Crippen molar-refractivity contribution in [1.29, 1.82) is 0 Å². The lowest BCUT2D eigenvalue weighted by Gasteiger charge is -2.40. The molecule has 1 aliphatic carbocycles. The maximum Gasteiger partial charge on any atom is 0.270 e. The molecule has 5 rings (SSSR count). The minimum Gasteiger partial charge on any atom is -0.354 e. The van der Waals surface area contributed by atoms with E-state index in [2.05, 4.69) is 25.4 Å². The first-order valence-electron chi connectivity index (χ1n) is 8.91. The van der Waals surface area contributed by atoms with Crippen LogP contribution in [0.2, 0.25) is 0 Å². The standard InChI is InChI=1S/C17H19N7OS/c25-17(13-9-26-10-19-13)18-6-11-7-23(8-11)15-5-4-14-20-21-16(24(14)22-15)12-2-1-3-12/h4-5,9-12H,1-3,6-8H2,(H,18,25). The third kappa shape index (κ3) is 2.72. The summed E-state index contributed by atoms with van der Waals surface area (Å²) in [4.78, 5) is 18.2. The number of carbonyl (C=O) groups is 1. The number of amides is 1. The Hall–Kier alpha value is -2.55. The van der Waals surface area contributed by atoms with E-state index in [0.29, 0.717) is 24.1 Å². The van der Waals surface area contributed by atoms with Gasteiger partial charge >= 0.3 is 0 Å². The van der Waals surface area contributed by atoms with Crippen molar-refractivity contribution in [3.05, 3.63) is 34.5 Å². The Labute approximate surface area is 154 Å². The van der Waals surface area contributed by atoms with Crippen molar-refractivity contribution in [2.24, 2.45) is 5.92 Å². The van der Waals surface area contributed by atoms with Gasteiger partial charge in [-0.05, 0) is 25.0 Å². The Morgan fingerprint density at radius 3 is 2.88 bits per heavy atom. The molecule has 26 heavy (non-hydrogen) atoms. The van der Waals surface area contributed by atoms with Gasteiger partial charge in [0.2, 0.25) is 0 Å². The van der Waals surface area contributed by atoms with Gasteiger partial charge in [0.15, 0.2) is 11.5 Å². The van der Waals surface area contributed by atoms with Gasteiger partial charge in [-0.15, -0.1) is 26.6 Å². The molecule has 0 bridgehead atoms. The summed E-state index contributed by atoms with van der Waals surface area (Å²) in [5.74, 6) is 2.76. The number of nitrogens with one attached hydrogen (secondary N) is 1. The fourth-order valence-electron chi connectivity index (χ4n) is 3.42. The average Bonchev–Trinajstić information content (AvgIpc) is 3.22. The Bertz CT molecular complexity index is 928. The minimum atomic E-state index is -0.0983. The van der Waals surface area contributed by atoms with E-state index >= 15 is 0 Å². The van der Waals surface area contributed by atoms with Crippen LogP contribution in [0.25, 0.3) is 5.65 Å². The molecular formula is C17H19N7OS. The van der Waals surface area contributed by atoms with E-state index in [9.17, 15) is 4.79 Å². The fourth-order valence-corrected chi connectivity index (χ4v) is 3.96. The summed E-state index contributed by atoms with van der Waals surface area (Å²) >= 11 is 1.43. The number of carbonyl (C=O) groups excluding carboxylic acids is 1. The number of rotatable bonds is 5. The third-order valence-corrected chi connectivity index (χ3v) is 5.83. The molecule has 0 aromatic carbocycles. The number of fused-ring (bicyclic) bond motifs is 1. The van der Waals surface area contributed by atoms with Gasteiger partial charge < -0.3 is 10.2 Å². The second-order valence-electron chi connectivity index (χ2n) is 7.00. The Morgan fingerprint density at radius 1 is 1.27 bits per heavy atom. The highest BCUT2D eigenvalue weighted by Gasteiger charge is 2.30. The summed E-state index contributed by atoms with van der Waals surface area (Å²) < 4.78 is 1.90. The molecular weight excluding hydrogens is 350 g/mol. The first-order chi connectivity index (χ1) is 12.8. The van der Waals surface area contributed by atoms with Crippen molar-refractivity contribution in [2.45, 2.75) is 25.2 Å². The van der Waals surface area contributed by atoms with Crippen LogP contribution < -0.4 is 10.2 Å². The van der Waals surface area contributed by atoms with Gasteiger partial charge in [0, 0.05) is 36.9 Å². The molecule has 0 unspecified atom stereocenters. The van der Waals surface area contributed by atoms with Crippen LogP contribution in [0.5, 0.6) is 0 Å². The molecule has 0 radical (unpaired) electrons. The topological polar surface area (TPSA) is 88.3 Å². The van der Waals surface area contributed by atoms with Crippen LogP contribution in [0.4, 0.5) is 5.82 Å². The van der Waals surface area contributed by atoms with Crippen LogP contribution in [0, 0.1) is 5.92 Å². The molecule has 2 fully saturated rings. The number of anilines is 1. The number of nitrogens with zero attached hydrogens (tertiary/aromatic N) is 6. The number of hydrogen-bond donors (Lipinski definition) is 1. The highest BCUT2D eigenvalue weighted by Crippen LogP contribution is 2.35. The molecule has 3 aromatic rings. The van der Waals surface area contributed by atoms with Gasteiger partial charge in [0.05, 0.1) is 5.51 Å². The predicted octanol–water partition coefficient (Wildman–Crippen LogP) is 1.71. The van der Waals surface area contributed by atoms with Gasteiger partial charge in [0.1, 0.15) is 11.5 Å². The summed E-state index contributed by atoms with van der Waals surface area (Å²) in [6.07, 6.45) is 3.62. The molecule has 0 atom stereocenters. The lowest BCUT2D eigenvalue weighted by atomic mass is 9.85. The van der Waals surface area contributed by atoms with Gasteiger partial charge in [-0.1, -0.05) is 6.42 Å². The molecule has 1 aliphatic heterocycles. The van der Waals surface area contributed by atoms with E-state index in [1.54, 1.807) is 10.9 Å². The highest BCUT2D eigenvalue weighted by molar-refractivity contribution is 7.07. The van der Waals surface area contributed by atoms with Crippen molar-refractivity contribution in [2.75, 3.05) is 24.5 Å². The predicted molar refractivity (Wildman–Crippen MR) is 97.5 cm³/mol. The largest absolute Gasteiger partial charge is 0.354 e. The zero-order valence-corrected chi connectivity index (χ0v) is 15.0. The molecule has 1 amide bonds. The molecule has 9 heteroatoms. The van der Waals surface area contributed by atoms with Crippen molar-refractivity contribution < 1.29 is 4.79 Å². The number of aromatic nitrogens is 5. The number of hydrogen-bond acceptors (Lipinski definition) is 7. The highest BCUT2D eigenvalue weighted by atomic mass is 32.1. The van der Waals surface area contributed by atoms with Crippen molar-refractivity contribution in [1.82, 2.24) is 30.1 Å². The van der Waals surface area contributed by atoms with E-state index in [-0.39, 0.29) is 5.91 Å². The lowest BCUT2D eigenvalue weighted by Crippen LogP contribution is -2.52. The van der Waals surface area contributed by atoms with Gasteiger partial charge in [-0.3, -0.25) is 4.79 Å². The smallest absolute Gasteiger partial charge is 0.270 e. The van der Waals surface area contributed by atoms with E-state index in [1.807, 2.05) is 16.6 Å². The zero-order valence-electron chi connectivity index (χ0n) is 14.2. The van der Waals surface area contributed by atoms with Gasteiger partial charge in [-0.2, -0.15) is 4.52 Å². The molecule has 4 heterocycles. The summed E-state index contributed by atoms with van der Waals surface area (Å²) in [5, 5.41) is 18.0. The Kier molecular flexibility index (Phi) is 3.81. The van der Waals surface area contributed by atoms with Crippen molar-refractivity contribution >= 4 is 28.7 Å². The Morgan fingerprint density at radius 2 is 2.15 bits per heavy atom. The first-order valence-corrected chi connectivity index (χ1v) is 9.86. The molecule has 3 aromatic heterocycles. The fraction of sp³-hybridized carbons (Fsp3) is 0.471. The van der Waals surface area contributed by atoms with E-state index < -0.39 is 0 Å². The van der Waals surface area contributed by atoms with Crippen LogP contribution in [-0.2, 0) is 0 Å². The average molecular weight is 369 g/mol. The lowest BCUT2D eigenvalue weighted by molar-refractivity contribution is 0.0940. The van der Waals surface area contributed by atoms with Gasteiger partial charge in [0.25, 0.3) is 5.91 Å². The Balaban J connectivity index is 1.21. The second kappa shape index (κ2) is 6.31. The summed E-state index contributed by atoms with van der Waals surface area (Å²) in [5.41, 5.74) is 2.97. The molecule has 1 saturated heterocycles. The van der Waals surface area contributed by atoms with Crippen LogP contribution in [-0.4, -0.2) is 50.3 Å². The summed E-state index contributed by atoms with van der Waals surface area (Å²) in [6, 6.07) is 3.98. The summed E-state index contributed by atoms with van der Waals surface area (Å²) in [6.45, 7) is 2.43. The van der Waals surface area contributed by atoms with Gasteiger partial charge in [-0.25, -0.2) is 4.98 Å². The molecule has 0 spiro atoms. The third-order valence-electron chi connectivity index (χ3n) is 5.24. The maximum atomic E-state index is 11.9. The quantitative estimate of drug-likeness (QED) is 0.737. The van der Waals surface area contributed by atoms with Crippen LogP contribution >= 0.6 is 11.3 Å². The zero-order chi connectivity index (χ0) is 17.5. The summed E-state index contributed by atoms with van der Waals surface area (Å²) in [7, 11) is 0. The normalized spacial score (nSPS) is 17.9. The maximum absolute atomic E-state index is 11.9. The van der Waals surface area contributed by atoms with Crippen molar-refractivity contribution in [3.63, 3.8) is 0 Å². The van der Waals surface area contributed by atoms with Crippen LogP contribution in [0.1, 0.15) is 41.5 Å². The molecule has 1 N–H and O–H groups in total. The monoisotopic (exact) mass is 369 g/mol. The first kappa shape index (κ1) is 15.7. The number of thiazole rings is 1. The van der Waals surface area contributed by atoms with Crippen LogP contribution in [0.15, 0.2) is 23.0 Å². The SMILES string of the molecule is O=C(NCC1CN(c2ccc3nnc(C4CCC4)n3n2)C1)c1cscn1. The van der Waals surface area contributed by atoms with E-state index in [0.717, 1.165) is 30.4 Å². The second-order valence-corrected chi connectivity index (χ2v) is 7.72. The molecule has 8 nitrogen and oxygen atoms in total. The van der Waals surface area contributed by atoms with Crippen LogP contribution in [0.3, 0.4) is 0 Å². The van der Waals surface area contributed by atoms with E-state index in [4.69, 9.17) is 5.10 Å². The van der Waals surface area contributed by atoms with E-state index in [1.165, 1.54) is 30.6 Å². The molecule has 2 aliphatic rings.